The van der Waals surface area contributed by atoms with Crippen LogP contribution in [0, 0.1) is 0 Å². The number of esters is 1. The van der Waals surface area contributed by atoms with E-state index in [9.17, 15) is 9.59 Å². The average Bonchev–Trinajstić information content (AvgIpc) is 2.99. The number of carbonyl (C=O) groups is 2. The van der Waals surface area contributed by atoms with Crippen LogP contribution in [-0.4, -0.2) is 27.6 Å². The third kappa shape index (κ3) is 5.89. The molecular weight excluding hydrogens is 402 g/mol. The van der Waals surface area contributed by atoms with Crippen molar-refractivity contribution in [2.75, 3.05) is 6.54 Å². The Kier molecular flexibility index (Phi) is 7.38. The molecule has 4 nitrogen and oxygen atoms in total. The first kappa shape index (κ1) is 21.0. The van der Waals surface area contributed by atoms with Gasteiger partial charge >= 0.3 is 5.97 Å². The van der Waals surface area contributed by atoms with Crippen molar-refractivity contribution in [2.24, 2.45) is 0 Å². The van der Waals surface area contributed by atoms with E-state index in [0.717, 1.165) is 24.0 Å². The van der Waals surface area contributed by atoms with Crippen molar-refractivity contribution in [1.82, 2.24) is 4.90 Å². The van der Waals surface area contributed by atoms with E-state index < -0.39 is 5.97 Å². The number of carbonyl (C=O) groups excluding carboxylic acids is 2. The third-order valence-electron chi connectivity index (χ3n) is 4.22. The number of thioether (sulfide) groups is 1. The minimum Gasteiger partial charge on any atom is -0.423 e. The topological polar surface area (TPSA) is 46.6 Å². The summed E-state index contributed by atoms with van der Waals surface area (Å²) in [6, 6.07) is 16.6. The fourth-order valence-electron chi connectivity index (χ4n) is 2.67. The molecule has 0 unspecified atom stereocenters. The van der Waals surface area contributed by atoms with Crippen LogP contribution in [0.3, 0.4) is 0 Å². The first-order valence-electron chi connectivity index (χ1n) is 9.37. The number of nitrogens with zero attached hydrogens (tertiary/aromatic N) is 1. The lowest BCUT2D eigenvalue weighted by atomic mass is 10.2. The van der Waals surface area contributed by atoms with Crippen molar-refractivity contribution in [3.05, 3.63) is 76.7 Å². The predicted molar refractivity (Wildman–Crippen MR) is 122 cm³/mol. The van der Waals surface area contributed by atoms with E-state index in [1.807, 2.05) is 48.5 Å². The molecule has 2 aromatic carbocycles. The number of amides is 1. The van der Waals surface area contributed by atoms with Gasteiger partial charge < -0.3 is 4.74 Å². The molecule has 0 N–H and O–H groups in total. The van der Waals surface area contributed by atoms with Crippen molar-refractivity contribution < 1.29 is 14.3 Å². The Morgan fingerprint density at radius 3 is 2.52 bits per heavy atom. The Bertz CT molecular complexity index is 950. The second kappa shape index (κ2) is 10.2. The molecular formula is C23H21NO3S2. The molecule has 0 saturated carbocycles. The van der Waals surface area contributed by atoms with Crippen molar-refractivity contribution >= 4 is 52.3 Å². The zero-order valence-electron chi connectivity index (χ0n) is 16.0. The van der Waals surface area contributed by atoms with Crippen LogP contribution in [0.1, 0.15) is 30.9 Å². The molecule has 0 radical (unpaired) electrons. The second-order valence-electron chi connectivity index (χ2n) is 6.42. The fraction of sp³-hybridized carbons (Fsp3) is 0.174. The van der Waals surface area contributed by atoms with Crippen molar-refractivity contribution in [3.8, 4) is 5.75 Å². The van der Waals surface area contributed by atoms with Crippen LogP contribution < -0.4 is 4.74 Å². The van der Waals surface area contributed by atoms with E-state index in [-0.39, 0.29) is 5.91 Å². The highest BCUT2D eigenvalue weighted by atomic mass is 32.2. The monoisotopic (exact) mass is 423 g/mol. The van der Waals surface area contributed by atoms with Gasteiger partial charge in [-0.25, -0.2) is 4.79 Å². The van der Waals surface area contributed by atoms with Gasteiger partial charge in [0.1, 0.15) is 10.1 Å². The molecule has 1 aliphatic rings. The van der Waals surface area contributed by atoms with Gasteiger partial charge in [-0.15, -0.1) is 0 Å². The summed E-state index contributed by atoms with van der Waals surface area (Å²) in [5, 5.41) is 0. The van der Waals surface area contributed by atoms with E-state index in [0.29, 0.717) is 21.5 Å². The van der Waals surface area contributed by atoms with Crippen LogP contribution in [0.25, 0.3) is 12.2 Å². The zero-order chi connectivity index (χ0) is 20.6. The van der Waals surface area contributed by atoms with Gasteiger partial charge in [0, 0.05) is 12.6 Å². The Balaban J connectivity index is 1.61. The Labute approximate surface area is 180 Å². The Hall–Kier alpha value is -2.70. The lowest BCUT2D eigenvalue weighted by Gasteiger charge is -2.12. The van der Waals surface area contributed by atoms with E-state index >= 15 is 0 Å². The molecule has 1 aliphatic heterocycles. The van der Waals surface area contributed by atoms with Crippen LogP contribution in [0.5, 0.6) is 5.75 Å². The molecule has 0 atom stereocenters. The minimum atomic E-state index is -0.446. The molecule has 148 valence electrons. The zero-order valence-corrected chi connectivity index (χ0v) is 17.7. The fourth-order valence-corrected chi connectivity index (χ4v) is 3.98. The van der Waals surface area contributed by atoms with Gasteiger partial charge in [-0.3, -0.25) is 9.69 Å². The lowest BCUT2D eigenvalue weighted by Crippen LogP contribution is -2.28. The van der Waals surface area contributed by atoms with Crippen molar-refractivity contribution in [3.63, 3.8) is 0 Å². The summed E-state index contributed by atoms with van der Waals surface area (Å²) < 4.78 is 5.92. The van der Waals surface area contributed by atoms with Gasteiger partial charge in [-0.2, -0.15) is 0 Å². The summed E-state index contributed by atoms with van der Waals surface area (Å²) in [5.74, 6) is -0.0474. The molecule has 0 aromatic heterocycles. The van der Waals surface area contributed by atoms with Gasteiger partial charge in [0.05, 0.1) is 4.91 Å². The first-order valence-corrected chi connectivity index (χ1v) is 10.6. The SMILES string of the molecule is CCCCN1C(=O)/C(=C\c2ccc(OC(=O)/C=C/c3ccccc3)cc2)SC1=S. The van der Waals surface area contributed by atoms with Crippen LogP contribution in [0.4, 0.5) is 0 Å². The molecule has 29 heavy (non-hydrogen) atoms. The minimum absolute atomic E-state index is 0.0463. The third-order valence-corrected chi connectivity index (χ3v) is 5.59. The number of hydrogen-bond acceptors (Lipinski definition) is 5. The summed E-state index contributed by atoms with van der Waals surface area (Å²) in [4.78, 5) is 26.7. The maximum atomic E-state index is 12.5. The molecule has 0 aliphatic carbocycles. The highest BCUT2D eigenvalue weighted by Crippen LogP contribution is 2.32. The molecule has 6 heteroatoms. The second-order valence-corrected chi connectivity index (χ2v) is 8.10. The standard InChI is InChI=1S/C23H21NO3S2/c1-2-3-15-24-22(26)20(29-23(24)28)16-18-9-12-19(13-10-18)27-21(25)14-11-17-7-5-4-6-8-17/h4-14,16H,2-3,15H2,1H3/b14-11+,20-16+. The average molecular weight is 424 g/mol. The van der Waals surface area contributed by atoms with Crippen LogP contribution in [0.2, 0.25) is 0 Å². The Morgan fingerprint density at radius 2 is 1.83 bits per heavy atom. The number of benzene rings is 2. The summed E-state index contributed by atoms with van der Waals surface area (Å²) in [6.07, 6.45) is 6.85. The number of ether oxygens (including phenoxy) is 1. The molecule has 1 saturated heterocycles. The van der Waals surface area contributed by atoms with E-state index in [1.165, 1.54) is 17.8 Å². The maximum absolute atomic E-state index is 12.5. The van der Waals surface area contributed by atoms with Gasteiger partial charge in [0.2, 0.25) is 0 Å². The summed E-state index contributed by atoms with van der Waals surface area (Å²) in [5.41, 5.74) is 1.77. The molecule has 1 heterocycles. The number of hydrogen-bond donors (Lipinski definition) is 0. The van der Waals surface area contributed by atoms with Crippen molar-refractivity contribution in [1.29, 1.82) is 0 Å². The van der Waals surface area contributed by atoms with Crippen molar-refractivity contribution in [2.45, 2.75) is 19.8 Å². The van der Waals surface area contributed by atoms with Crippen LogP contribution in [0.15, 0.2) is 65.6 Å². The number of thiocarbonyl (C=S) groups is 1. The predicted octanol–water partition coefficient (Wildman–Crippen LogP) is 5.31. The normalized spacial score (nSPS) is 15.5. The molecule has 1 amide bonds. The van der Waals surface area contributed by atoms with Gasteiger partial charge in [0.25, 0.3) is 5.91 Å². The highest BCUT2D eigenvalue weighted by molar-refractivity contribution is 8.26. The number of unbranched alkanes of at least 4 members (excludes halogenated alkanes) is 1. The molecule has 0 bridgehead atoms. The summed E-state index contributed by atoms with van der Waals surface area (Å²) in [7, 11) is 0. The largest absolute Gasteiger partial charge is 0.423 e. The van der Waals surface area contributed by atoms with Gasteiger partial charge in [-0.05, 0) is 41.8 Å². The summed E-state index contributed by atoms with van der Waals surface area (Å²) >= 11 is 6.64. The van der Waals surface area contributed by atoms with Gasteiger partial charge in [-0.1, -0.05) is 79.8 Å². The Morgan fingerprint density at radius 1 is 1.10 bits per heavy atom. The maximum Gasteiger partial charge on any atom is 0.336 e. The van der Waals surface area contributed by atoms with Crippen LogP contribution >= 0.6 is 24.0 Å². The molecule has 0 spiro atoms. The number of rotatable bonds is 7. The molecule has 2 aromatic rings. The molecule has 3 rings (SSSR count). The van der Waals surface area contributed by atoms with E-state index in [2.05, 4.69) is 6.92 Å². The quantitative estimate of drug-likeness (QED) is 0.261. The van der Waals surface area contributed by atoms with E-state index in [1.54, 1.807) is 23.1 Å². The lowest BCUT2D eigenvalue weighted by molar-refractivity contribution is -0.129. The van der Waals surface area contributed by atoms with Gasteiger partial charge in [0.15, 0.2) is 0 Å². The molecule has 1 fully saturated rings. The smallest absolute Gasteiger partial charge is 0.336 e. The first-order chi connectivity index (χ1) is 14.1. The van der Waals surface area contributed by atoms with E-state index in [4.69, 9.17) is 17.0 Å². The highest BCUT2D eigenvalue weighted by Gasteiger charge is 2.31. The summed E-state index contributed by atoms with van der Waals surface area (Å²) in [6.45, 7) is 2.74. The van der Waals surface area contributed by atoms with Crippen LogP contribution in [-0.2, 0) is 9.59 Å².